The molecule has 0 aliphatic heterocycles. The zero-order valence-corrected chi connectivity index (χ0v) is 14.4. The van der Waals surface area contributed by atoms with Crippen molar-refractivity contribution in [2.75, 3.05) is 5.32 Å². The van der Waals surface area contributed by atoms with E-state index in [-0.39, 0.29) is 6.10 Å². The van der Waals surface area contributed by atoms with E-state index in [1.165, 1.54) is 11.3 Å². The second-order valence-corrected chi connectivity index (χ2v) is 6.48. The van der Waals surface area contributed by atoms with Crippen molar-refractivity contribution in [2.45, 2.75) is 40.2 Å². The second-order valence-electron chi connectivity index (χ2n) is 5.54. The molecule has 7 heteroatoms. The summed E-state index contributed by atoms with van der Waals surface area (Å²) in [5.41, 5.74) is 3.38. The molecule has 0 saturated carbocycles. The lowest BCUT2D eigenvalue weighted by atomic mass is 10.0. The van der Waals surface area contributed by atoms with Gasteiger partial charge in [-0.15, -0.1) is 16.2 Å². The molecule has 0 aliphatic rings. The molecule has 0 fully saturated rings. The van der Waals surface area contributed by atoms with Crippen LogP contribution in [0.1, 0.15) is 35.5 Å². The molecule has 0 atom stereocenters. The van der Waals surface area contributed by atoms with E-state index in [0.29, 0.717) is 17.9 Å². The van der Waals surface area contributed by atoms with Gasteiger partial charge in [-0.05, 0) is 55.6 Å². The first kappa shape index (κ1) is 17.1. The Morgan fingerprint density at radius 1 is 1.35 bits per heavy atom. The van der Waals surface area contributed by atoms with Crippen LogP contribution >= 0.6 is 11.3 Å². The molecule has 1 aromatic heterocycles. The third kappa shape index (κ3) is 4.59. The van der Waals surface area contributed by atoms with Crippen molar-refractivity contribution >= 4 is 28.9 Å². The monoisotopic (exact) mass is 333 g/mol. The van der Waals surface area contributed by atoms with Gasteiger partial charge in [-0.3, -0.25) is 5.32 Å². The molecule has 0 radical (unpaired) electrons. The number of nitrogens with one attached hydrogen (secondary N) is 1. The van der Waals surface area contributed by atoms with Crippen LogP contribution < -0.4 is 5.32 Å². The standard InChI is InChI=1S/C16H19N3O3S/c1-9(2)22-16(20)18-14-8-23-15(17-14)7-12-5-11(4)13(19-21)6-10(12)3/h5-6,8-9H,7H2,1-4H3,(H,18,20). The van der Waals surface area contributed by atoms with Crippen LogP contribution in [0.25, 0.3) is 0 Å². The minimum atomic E-state index is -0.509. The minimum absolute atomic E-state index is 0.177. The molecule has 6 nitrogen and oxygen atoms in total. The zero-order chi connectivity index (χ0) is 17.0. The summed E-state index contributed by atoms with van der Waals surface area (Å²) in [4.78, 5) is 26.7. The van der Waals surface area contributed by atoms with E-state index in [1.54, 1.807) is 25.3 Å². The van der Waals surface area contributed by atoms with Gasteiger partial charge in [0.1, 0.15) is 11.5 Å². The molecule has 1 N–H and O–H groups in total. The van der Waals surface area contributed by atoms with E-state index < -0.39 is 6.09 Å². The van der Waals surface area contributed by atoms with Gasteiger partial charge in [0.15, 0.2) is 0 Å². The first-order chi connectivity index (χ1) is 10.9. The number of hydrogen-bond acceptors (Lipinski definition) is 6. The van der Waals surface area contributed by atoms with Crippen LogP contribution in [0, 0.1) is 18.8 Å². The molecule has 0 bridgehead atoms. The second kappa shape index (κ2) is 7.32. The minimum Gasteiger partial charge on any atom is -0.447 e. The largest absolute Gasteiger partial charge is 0.447 e. The number of nitroso groups, excluding NO2 is 1. The van der Waals surface area contributed by atoms with Crippen LogP contribution in [0.5, 0.6) is 0 Å². The summed E-state index contributed by atoms with van der Waals surface area (Å²) >= 11 is 1.46. The predicted molar refractivity (Wildman–Crippen MR) is 91.5 cm³/mol. The highest BCUT2D eigenvalue weighted by Crippen LogP contribution is 2.26. The van der Waals surface area contributed by atoms with Gasteiger partial charge >= 0.3 is 6.09 Å². The number of ether oxygens (including phenoxy) is 1. The van der Waals surface area contributed by atoms with Crippen molar-refractivity contribution in [2.24, 2.45) is 5.18 Å². The number of thiazole rings is 1. The van der Waals surface area contributed by atoms with Crippen molar-refractivity contribution < 1.29 is 9.53 Å². The van der Waals surface area contributed by atoms with Crippen molar-refractivity contribution in [3.05, 3.63) is 44.1 Å². The highest BCUT2D eigenvalue weighted by Gasteiger charge is 2.11. The van der Waals surface area contributed by atoms with Crippen LogP contribution in [0.2, 0.25) is 0 Å². The fourth-order valence-corrected chi connectivity index (χ4v) is 2.86. The maximum Gasteiger partial charge on any atom is 0.413 e. The van der Waals surface area contributed by atoms with Crippen LogP contribution in [0.4, 0.5) is 16.3 Å². The fraction of sp³-hybridized carbons (Fsp3) is 0.375. The molecule has 0 aliphatic carbocycles. The number of carbonyl (C=O) groups is 1. The quantitative estimate of drug-likeness (QED) is 0.804. The number of anilines is 1. The van der Waals surface area contributed by atoms with E-state index in [0.717, 1.165) is 21.7 Å². The Balaban J connectivity index is 2.09. The maximum atomic E-state index is 11.6. The summed E-state index contributed by atoms with van der Waals surface area (Å²) in [6, 6.07) is 3.73. The highest BCUT2D eigenvalue weighted by molar-refractivity contribution is 7.10. The molecule has 0 spiro atoms. The Kier molecular flexibility index (Phi) is 5.44. The van der Waals surface area contributed by atoms with Crippen LogP contribution in [-0.4, -0.2) is 17.2 Å². The molecular formula is C16H19N3O3S. The van der Waals surface area contributed by atoms with Crippen molar-refractivity contribution in [3.8, 4) is 0 Å². The summed E-state index contributed by atoms with van der Waals surface area (Å²) in [6.45, 7) is 7.37. The molecule has 122 valence electrons. The smallest absolute Gasteiger partial charge is 0.413 e. The lowest BCUT2D eigenvalue weighted by Gasteiger charge is -2.08. The molecule has 23 heavy (non-hydrogen) atoms. The third-order valence-electron chi connectivity index (χ3n) is 3.22. The molecule has 1 amide bonds. The van der Waals surface area contributed by atoms with Gasteiger partial charge in [0.2, 0.25) is 0 Å². The molecule has 2 aromatic rings. The summed E-state index contributed by atoms with van der Waals surface area (Å²) in [5, 5.41) is 8.27. The first-order valence-electron chi connectivity index (χ1n) is 7.24. The van der Waals surface area contributed by atoms with Crippen LogP contribution in [0.3, 0.4) is 0 Å². The third-order valence-corrected chi connectivity index (χ3v) is 4.07. The number of nitrogens with zero attached hydrogens (tertiary/aromatic N) is 2. The van der Waals surface area contributed by atoms with Gasteiger partial charge < -0.3 is 4.74 Å². The molecule has 2 rings (SSSR count). The van der Waals surface area contributed by atoms with Gasteiger partial charge in [-0.25, -0.2) is 9.78 Å². The van der Waals surface area contributed by atoms with E-state index >= 15 is 0 Å². The number of carbonyl (C=O) groups excluding carboxylic acids is 1. The Hall–Kier alpha value is -2.28. The Labute approximate surface area is 138 Å². The molecule has 1 aromatic carbocycles. The van der Waals surface area contributed by atoms with E-state index in [1.807, 2.05) is 19.9 Å². The maximum absolute atomic E-state index is 11.6. The Morgan fingerprint density at radius 2 is 2.09 bits per heavy atom. The van der Waals surface area contributed by atoms with Crippen LogP contribution in [-0.2, 0) is 11.2 Å². The number of aryl methyl sites for hydroxylation is 2. The van der Waals surface area contributed by atoms with E-state index in [2.05, 4.69) is 15.5 Å². The average molecular weight is 333 g/mol. The topological polar surface area (TPSA) is 80.7 Å². The zero-order valence-electron chi connectivity index (χ0n) is 13.5. The summed E-state index contributed by atoms with van der Waals surface area (Å²) < 4.78 is 5.02. The van der Waals surface area contributed by atoms with Crippen molar-refractivity contribution in [1.82, 2.24) is 4.98 Å². The SMILES string of the molecule is Cc1cc(N=O)c(C)cc1Cc1nc(NC(=O)OC(C)C)cs1. The molecule has 1 heterocycles. The Morgan fingerprint density at radius 3 is 2.74 bits per heavy atom. The summed E-state index contributed by atoms with van der Waals surface area (Å²) in [5.74, 6) is 0.483. The van der Waals surface area contributed by atoms with Gasteiger partial charge in [0, 0.05) is 11.8 Å². The van der Waals surface area contributed by atoms with Crippen molar-refractivity contribution in [3.63, 3.8) is 0 Å². The van der Waals surface area contributed by atoms with E-state index in [9.17, 15) is 9.70 Å². The lowest BCUT2D eigenvalue weighted by Crippen LogP contribution is -2.18. The Bertz CT molecular complexity index is 725. The number of hydrogen-bond donors (Lipinski definition) is 1. The average Bonchev–Trinajstić information content (AvgIpc) is 2.88. The molecular weight excluding hydrogens is 314 g/mol. The number of aromatic nitrogens is 1. The first-order valence-corrected chi connectivity index (χ1v) is 8.12. The molecule has 0 saturated heterocycles. The normalized spacial score (nSPS) is 10.7. The highest BCUT2D eigenvalue weighted by atomic mass is 32.1. The van der Waals surface area contributed by atoms with Crippen LogP contribution in [0.15, 0.2) is 22.7 Å². The van der Waals surface area contributed by atoms with E-state index in [4.69, 9.17) is 4.74 Å². The van der Waals surface area contributed by atoms with Gasteiger partial charge in [0.05, 0.1) is 11.1 Å². The van der Waals surface area contributed by atoms with Crippen molar-refractivity contribution in [1.29, 1.82) is 0 Å². The number of rotatable bonds is 5. The number of benzene rings is 1. The van der Waals surface area contributed by atoms with Gasteiger partial charge in [-0.1, -0.05) is 6.07 Å². The lowest BCUT2D eigenvalue weighted by molar-refractivity contribution is 0.130. The summed E-state index contributed by atoms with van der Waals surface area (Å²) in [7, 11) is 0. The van der Waals surface area contributed by atoms with Gasteiger partial charge in [-0.2, -0.15) is 0 Å². The summed E-state index contributed by atoms with van der Waals surface area (Å²) in [6.07, 6.45) is -0.0499. The predicted octanol–water partition coefficient (Wildman–Crippen LogP) is 4.71. The fourth-order valence-electron chi connectivity index (χ4n) is 2.11. The molecule has 0 unspecified atom stereocenters. The number of amides is 1. The van der Waals surface area contributed by atoms with Gasteiger partial charge in [0.25, 0.3) is 0 Å².